The first-order valence-electron chi connectivity index (χ1n) is 33.9. The molecular weight excluding hydrogens is 1510 g/mol. The molecule has 112 heavy (non-hydrogen) atoms. The largest absolute Gasteiger partial charge is 0.454 e. The van der Waals surface area contributed by atoms with E-state index in [4.69, 9.17) is 78.3 Å². The molecule has 0 radical (unpaired) electrons. The number of thiophene rings is 1. The summed E-state index contributed by atoms with van der Waals surface area (Å²) < 4.78 is 11.5. The highest BCUT2D eigenvalue weighted by atomic mass is 79.9. The lowest BCUT2D eigenvalue weighted by Gasteiger charge is -2.06. The molecule has 0 bridgehead atoms. The topological polar surface area (TPSA) is 524 Å². The van der Waals surface area contributed by atoms with E-state index >= 15 is 0 Å². The fraction of sp³-hybridized carbons (Fsp3) is 0.0723. The second kappa shape index (κ2) is 40.3. The Kier molecular flexibility index (Phi) is 29.8. The number of halogens is 1. The molecule has 10 aromatic carbocycles. The zero-order chi connectivity index (χ0) is 81.0. The molecule has 13 rings (SSSR count). The molecule has 11 aromatic rings. The van der Waals surface area contributed by atoms with Crippen molar-refractivity contribution >= 4 is 155 Å². The summed E-state index contributed by atoms with van der Waals surface area (Å²) in [6, 6.07) is 61.7. The van der Waals surface area contributed by atoms with Crippen LogP contribution in [0.1, 0.15) is 92.4 Å². The minimum atomic E-state index is -0.556. The van der Waals surface area contributed by atoms with Gasteiger partial charge in [0.15, 0.2) is 53.0 Å². The Morgan fingerprint density at radius 1 is 0.411 bits per heavy atom. The summed E-state index contributed by atoms with van der Waals surface area (Å²) in [7, 11) is 0. The second-order valence-corrected chi connectivity index (χ2v) is 25.9. The lowest BCUT2D eigenvalue weighted by Crippen LogP contribution is -2.24. The van der Waals surface area contributed by atoms with Gasteiger partial charge in [0.25, 0.3) is 35.4 Å². The Morgan fingerprint density at radius 3 is 1.47 bits per heavy atom. The van der Waals surface area contributed by atoms with Crippen molar-refractivity contribution in [1.29, 1.82) is 0 Å². The predicted molar refractivity (Wildman–Crippen MR) is 450 cm³/mol. The van der Waals surface area contributed by atoms with Gasteiger partial charge in [-0.1, -0.05) is 146 Å². The van der Waals surface area contributed by atoms with E-state index < -0.39 is 35.4 Å². The maximum atomic E-state index is 12.3. The van der Waals surface area contributed by atoms with Gasteiger partial charge >= 0.3 is 0 Å². The molecule has 2 heterocycles. The molecule has 0 atom stereocenters. The van der Waals surface area contributed by atoms with Gasteiger partial charge in [0.1, 0.15) is 0 Å². The number of ketones is 1. The van der Waals surface area contributed by atoms with Crippen LogP contribution >= 0.6 is 27.3 Å². The van der Waals surface area contributed by atoms with E-state index in [0.29, 0.717) is 44.9 Å². The third-order valence-electron chi connectivity index (χ3n) is 16.1. The first-order valence-corrected chi connectivity index (χ1v) is 35.6. The van der Waals surface area contributed by atoms with Gasteiger partial charge in [-0.25, -0.2) is 0 Å². The number of aryl methyl sites for hydroxylation is 3. The number of hydrogen-bond acceptors (Lipinski definition) is 10. The maximum absolute atomic E-state index is 12.3. The average Bonchev–Trinajstić information content (AvgIpc) is 1.13. The van der Waals surface area contributed by atoms with E-state index in [1.54, 1.807) is 121 Å². The fourth-order valence-electron chi connectivity index (χ4n) is 11.2. The first-order chi connectivity index (χ1) is 53.6. The minimum absolute atomic E-state index is 0.0774. The van der Waals surface area contributed by atoms with Gasteiger partial charge in [0.05, 0.1) is 0 Å². The number of para-hydroxylation sites is 1. The summed E-state index contributed by atoms with van der Waals surface area (Å²) in [6.45, 7) is 4.23. The summed E-state index contributed by atoms with van der Waals surface area (Å²) in [5, 5.41) is 10.4. The zero-order valence-corrected chi connectivity index (χ0v) is 63.0. The number of carbonyl (C=O) groups excluding carboxylic acids is 7. The van der Waals surface area contributed by atoms with Crippen molar-refractivity contribution < 1.29 is 43.0 Å². The monoisotopic (exact) mass is 1580 g/mol. The molecule has 27 nitrogen and oxygen atoms in total. The quantitative estimate of drug-likeness (QED) is 0.0234. The van der Waals surface area contributed by atoms with Crippen LogP contribution in [0, 0.1) is 13.8 Å². The van der Waals surface area contributed by atoms with Gasteiger partial charge in [-0.3, -0.25) is 33.6 Å². The molecule has 1 aromatic heterocycles. The molecular formula is C83H79BrN18O9S. The highest BCUT2D eigenvalue weighted by Crippen LogP contribution is 2.37. The first kappa shape index (κ1) is 82.9. The van der Waals surface area contributed by atoms with Crippen molar-refractivity contribution in [2.24, 2.45) is 98.8 Å². The van der Waals surface area contributed by atoms with Crippen LogP contribution in [0.25, 0.3) is 61.7 Å². The number of benzene rings is 10. The highest BCUT2D eigenvalue weighted by Gasteiger charge is 2.18. The number of rotatable bonds is 12. The Morgan fingerprint density at radius 2 is 0.902 bits per heavy atom. The molecule has 2 aliphatic rings. The number of aliphatic imine (C=N–C) groups is 6. The van der Waals surface area contributed by atoms with Gasteiger partial charge in [0, 0.05) is 56.1 Å². The van der Waals surface area contributed by atoms with E-state index in [1.165, 1.54) is 46.9 Å². The lowest BCUT2D eigenvalue weighted by molar-refractivity contribution is -0.114. The van der Waals surface area contributed by atoms with Crippen molar-refractivity contribution in [3.05, 3.63) is 300 Å². The molecule has 0 unspecified atom stereocenters. The second-order valence-electron chi connectivity index (χ2n) is 24.3. The van der Waals surface area contributed by atoms with Crippen molar-refractivity contribution in [1.82, 2.24) is 0 Å². The SMILES string of the molecule is Cc1ccc2cc(C(=O)N=C(N)N)ccc2c1Br.Cc1cccc2cc(C(=O)N=C(N)N)ccc12.NC(N)=NC(=O)/C=C/c1cccc(C(=O)c2ccccc2)c1.NC(N)=NC(=O)/C=C/c1cccc2c1CCC2.NC(N)=NC(=O)/C=C/c1cccc2c1OCO2.NC(N)=NC(=O)c1ccc2c(-c3ccsc3)cccc2c1. The van der Waals surface area contributed by atoms with E-state index in [1.807, 2.05) is 110 Å². The maximum Gasteiger partial charge on any atom is 0.280 e. The highest BCUT2D eigenvalue weighted by molar-refractivity contribution is 9.10. The van der Waals surface area contributed by atoms with Gasteiger partial charge in [-0.15, -0.1) is 0 Å². The summed E-state index contributed by atoms with van der Waals surface area (Å²) >= 11 is 5.19. The molecule has 29 heteroatoms. The van der Waals surface area contributed by atoms with Crippen LogP contribution in [0.3, 0.4) is 0 Å². The van der Waals surface area contributed by atoms with E-state index in [0.717, 1.165) is 71.9 Å². The van der Waals surface area contributed by atoms with Crippen molar-refractivity contribution in [3.63, 3.8) is 0 Å². The molecule has 0 saturated carbocycles. The summed E-state index contributed by atoms with van der Waals surface area (Å²) in [6.07, 6.45) is 12.2. The van der Waals surface area contributed by atoms with Gasteiger partial charge in [-0.2, -0.15) is 41.3 Å². The van der Waals surface area contributed by atoms with Crippen molar-refractivity contribution in [2.75, 3.05) is 6.79 Å². The average molecular weight is 1580 g/mol. The summed E-state index contributed by atoms with van der Waals surface area (Å²) in [5.74, 6) is -3.06. The van der Waals surface area contributed by atoms with Crippen LogP contribution in [0.15, 0.2) is 264 Å². The number of hydrogen-bond donors (Lipinski definition) is 12. The minimum Gasteiger partial charge on any atom is -0.454 e. The van der Waals surface area contributed by atoms with Crippen LogP contribution in [0.5, 0.6) is 11.5 Å². The number of ether oxygens (including phenoxy) is 2. The molecule has 568 valence electrons. The van der Waals surface area contributed by atoms with Crippen LogP contribution in [-0.2, 0) is 27.2 Å². The van der Waals surface area contributed by atoms with Crippen molar-refractivity contribution in [3.8, 4) is 22.6 Å². The Labute approximate surface area is 655 Å². The van der Waals surface area contributed by atoms with Crippen LogP contribution in [0.4, 0.5) is 0 Å². The molecule has 0 spiro atoms. The lowest BCUT2D eigenvalue weighted by atomic mass is 9.98. The normalized spacial score (nSPS) is 11.2. The van der Waals surface area contributed by atoms with Gasteiger partial charge < -0.3 is 78.3 Å². The predicted octanol–water partition coefficient (Wildman–Crippen LogP) is 9.82. The Bertz CT molecular complexity index is 5540. The zero-order valence-electron chi connectivity index (χ0n) is 60.6. The molecule has 6 amide bonds. The summed E-state index contributed by atoms with van der Waals surface area (Å²) in [5.41, 5.74) is 74.3. The number of nitrogens with two attached hydrogens (primary N) is 12. The number of guanidine groups is 6. The molecule has 1 aliphatic carbocycles. The smallest absolute Gasteiger partial charge is 0.280 e. The van der Waals surface area contributed by atoms with E-state index in [-0.39, 0.29) is 48.3 Å². The molecule has 24 N–H and O–H groups in total. The molecule has 0 saturated heterocycles. The van der Waals surface area contributed by atoms with Gasteiger partial charge in [-0.05, 0) is 209 Å². The number of amides is 6. The van der Waals surface area contributed by atoms with Crippen LogP contribution in [-0.4, -0.2) is 83.8 Å². The van der Waals surface area contributed by atoms with E-state index in [9.17, 15) is 33.6 Å². The third kappa shape index (κ3) is 24.7. The third-order valence-corrected chi connectivity index (χ3v) is 17.9. The number of nitrogens with zero attached hydrogens (tertiary/aromatic N) is 6. The fourth-order valence-corrected chi connectivity index (χ4v) is 12.3. The van der Waals surface area contributed by atoms with Crippen molar-refractivity contribution in [2.45, 2.75) is 33.1 Å². The molecule has 1 aliphatic heterocycles. The Balaban J connectivity index is 0.000000169. The number of fused-ring (bicyclic) bond motifs is 5. The molecule has 0 fully saturated rings. The number of carbonyl (C=O) groups is 7. The standard InChI is InChI=1S/C17H15N3O2.C16H13N3OS.C13H12BrN3O.C13H13N3O.C13H15N3O.C11H11N3O3/c18-17(19)20-15(21)10-9-12-5-4-8-14(11-12)16(22)13-6-2-1-3-7-13;17-16(18)19-15(20)11-4-5-14-10(8-11)2-1-3-13(14)12-6-7-21-9-12;1-7-2-3-8-6-9(12(18)17-13(15)16)4-5-10(8)11(7)14;1-8-3-2-4-9-7-10(5-6-11(8)9)12(17)16-13(14)15;14-13(15)16-12(17)8-7-10-4-1-3-9-5-2-6-11(9)10;12-11(13)14-9(15)5-4-7-2-1-3-8-10(7)17-6-16-8/h1-11H,(H4,18,19,20,21);1-9H,(H4,17,18,19,20);2-6H,1H3,(H4,15,16,17,18);2-7H,1H3,(H4,14,15,16,17);1,3-4,7-8H,2,5-6H2,(H4,14,15,16,17);1-5H,6H2,(H4,12,13,14,15)/b10-9+;;;;8-7+;5-4+. The van der Waals surface area contributed by atoms with Crippen LogP contribution < -0.4 is 78.3 Å². The van der Waals surface area contributed by atoms with E-state index in [2.05, 4.69) is 69.5 Å². The summed E-state index contributed by atoms with van der Waals surface area (Å²) in [4.78, 5) is 102. The van der Waals surface area contributed by atoms with Gasteiger partial charge in [0.2, 0.25) is 6.79 Å². The Hall–Kier alpha value is -14.7. The van der Waals surface area contributed by atoms with Crippen LogP contribution in [0.2, 0.25) is 0 Å².